The zero-order valence-electron chi connectivity index (χ0n) is 21.5. The number of phenols is 1. The number of aromatic hydroxyl groups is 1. The Kier molecular flexibility index (Phi) is 9.33. The molecule has 1 fully saturated rings. The third kappa shape index (κ3) is 6.97. The summed E-state index contributed by atoms with van der Waals surface area (Å²) in [5, 5.41) is 14.2. The van der Waals surface area contributed by atoms with Crippen molar-refractivity contribution < 1.29 is 9.90 Å². The summed E-state index contributed by atoms with van der Waals surface area (Å²) in [7, 11) is 0. The average Bonchev–Trinajstić information content (AvgIpc) is 3.32. The quantitative estimate of drug-likeness (QED) is 0.273. The second-order valence-corrected chi connectivity index (χ2v) is 10.7. The monoisotopic (exact) mass is 539 g/mol. The molecule has 196 valence electrons. The summed E-state index contributed by atoms with van der Waals surface area (Å²) in [6, 6.07) is 12.2. The van der Waals surface area contributed by atoms with E-state index in [4.69, 9.17) is 28.2 Å². The normalized spacial score (nSPS) is 18.7. The van der Waals surface area contributed by atoms with Crippen LogP contribution in [0.5, 0.6) is 5.75 Å². The number of carbonyl (C=O) groups excluding carboxylic acids is 1. The van der Waals surface area contributed by atoms with Gasteiger partial charge in [-0.3, -0.25) is 4.79 Å². The molecule has 4 rings (SSSR count). The van der Waals surface area contributed by atoms with Crippen LogP contribution < -0.4 is 5.32 Å². The molecule has 2 aromatic carbocycles. The van der Waals surface area contributed by atoms with Crippen LogP contribution in [0, 0.1) is 11.8 Å². The molecular formula is C30H35Cl2N3O2. The first kappa shape index (κ1) is 27.3. The summed E-state index contributed by atoms with van der Waals surface area (Å²) in [4.78, 5) is 18.5. The fourth-order valence-corrected chi connectivity index (χ4v) is 5.60. The van der Waals surface area contributed by atoms with Gasteiger partial charge in [-0.2, -0.15) is 0 Å². The van der Waals surface area contributed by atoms with Crippen molar-refractivity contribution in [3.63, 3.8) is 0 Å². The van der Waals surface area contributed by atoms with E-state index < -0.39 is 0 Å². The summed E-state index contributed by atoms with van der Waals surface area (Å²) in [5.41, 5.74) is 2.53. The number of nitrogens with one attached hydrogen (secondary N) is 1. The van der Waals surface area contributed by atoms with Gasteiger partial charge in [0.25, 0.3) is 0 Å². The van der Waals surface area contributed by atoms with Crippen LogP contribution in [-0.4, -0.2) is 20.6 Å². The minimum Gasteiger partial charge on any atom is -0.508 e. The van der Waals surface area contributed by atoms with Crippen LogP contribution in [-0.2, 0) is 17.8 Å². The van der Waals surface area contributed by atoms with Gasteiger partial charge in [0.15, 0.2) is 0 Å². The molecule has 7 heteroatoms. The maximum Gasteiger partial charge on any atom is 0.223 e. The predicted octanol–water partition coefficient (Wildman–Crippen LogP) is 7.76. The van der Waals surface area contributed by atoms with Crippen LogP contribution in [0.2, 0.25) is 10.0 Å². The van der Waals surface area contributed by atoms with Gasteiger partial charge in [-0.1, -0.05) is 60.8 Å². The fourth-order valence-electron chi connectivity index (χ4n) is 5.10. The van der Waals surface area contributed by atoms with Crippen molar-refractivity contribution in [3.8, 4) is 17.0 Å². The molecular weight excluding hydrogens is 505 g/mol. The Bertz CT molecular complexity index is 1230. The summed E-state index contributed by atoms with van der Waals surface area (Å²) < 4.78 is 2.07. The number of carbonyl (C=O) groups is 1. The van der Waals surface area contributed by atoms with Gasteiger partial charge >= 0.3 is 0 Å². The Balaban J connectivity index is 1.68. The number of imidazole rings is 1. The minimum absolute atomic E-state index is 0.0225. The lowest BCUT2D eigenvalue weighted by molar-refractivity contribution is -0.127. The lowest BCUT2D eigenvalue weighted by Gasteiger charge is -2.29. The van der Waals surface area contributed by atoms with E-state index >= 15 is 0 Å². The van der Waals surface area contributed by atoms with Crippen molar-refractivity contribution in [1.29, 1.82) is 0 Å². The lowest BCUT2D eigenvalue weighted by Crippen LogP contribution is -2.37. The number of phenolic OH excluding ortho intramolecular Hbond substituents is 1. The zero-order valence-corrected chi connectivity index (χ0v) is 23.0. The van der Waals surface area contributed by atoms with Gasteiger partial charge in [0.05, 0.1) is 16.8 Å². The largest absolute Gasteiger partial charge is 0.508 e. The molecule has 37 heavy (non-hydrogen) atoms. The number of allylic oxidation sites excluding steroid dienone is 2. The van der Waals surface area contributed by atoms with Crippen LogP contribution in [0.4, 0.5) is 0 Å². The van der Waals surface area contributed by atoms with Crippen LogP contribution >= 0.6 is 23.2 Å². The smallest absolute Gasteiger partial charge is 0.223 e. The zero-order chi connectivity index (χ0) is 26.4. The molecule has 0 saturated heterocycles. The van der Waals surface area contributed by atoms with E-state index in [9.17, 15) is 9.90 Å². The van der Waals surface area contributed by atoms with Crippen LogP contribution in [0.1, 0.15) is 63.4 Å². The maximum absolute atomic E-state index is 13.5. The van der Waals surface area contributed by atoms with E-state index in [1.807, 2.05) is 37.4 Å². The highest BCUT2D eigenvalue weighted by molar-refractivity contribution is 6.36. The number of rotatable bonds is 9. The number of halogens is 2. The Hall–Kier alpha value is -2.76. The van der Waals surface area contributed by atoms with Crippen LogP contribution in [0.25, 0.3) is 11.3 Å². The first-order valence-electron chi connectivity index (χ1n) is 13.1. The lowest BCUT2D eigenvalue weighted by atomic mass is 9.80. The highest BCUT2D eigenvalue weighted by Gasteiger charge is 2.29. The van der Waals surface area contributed by atoms with Crippen LogP contribution in [0.15, 0.2) is 60.8 Å². The molecule has 0 aliphatic heterocycles. The van der Waals surface area contributed by atoms with Gasteiger partial charge in [-0.15, -0.1) is 0 Å². The van der Waals surface area contributed by atoms with Gasteiger partial charge < -0.3 is 15.0 Å². The molecule has 0 spiro atoms. The van der Waals surface area contributed by atoms with E-state index in [0.29, 0.717) is 23.0 Å². The van der Waals surface area contributed by atoms with Crippen molar-refractivity contribution in [3.05, 3.63) is 82.2 Å². The van der Waals surface area contributed by atoms with Crippen molar-refractivity contribution in [2.75, 3.05) is 0 Å². The molecule has 2 N–H and O–H groups in total. The van der Waals surface area contributed by atoms with Gasteiger partial charge in [0, 0.05) is 29.2 Å². The molecule has 1 aliphatic rings. The molecule has 1 aromatic heterocycles. The van der Waals surface area contributed by atoms with Gasteiger partial charge in [-0.05, 0) is 80.8 Å². The minimum atomic E-state index is -0.342. The number of hydrogen-bond donors (Lipinski definition) is 2. The summed E-state index contributed by atoms with van der Waals surface area (Å²) in [6.07, 6.45) is 11.8. The van der Waals surface area contributed by atoms with E-state index in [1.54, 1.807) is 24.3 Å². The molecule has 5 nitrogen and oxygen atoms in total. The van der Waals surface area contributed by atoms with E-state index in [-0.39, 0.29) is 23.6 Å². The summed E-state index contributed by atoms with van der Waals surface area (Å²) in [5.74, 6) is 1.82. The van der Waals surface area contributed by atoms with Gasteiger partial charge in [0.2, 0.25) is 5.91 Å². The number of hydrogen-bond acceptors (Lipinski definition) is 3. The maximum atomic E-state index is 13.5. The second kappa shape index (κ2) is 12.7. The number of benzene rings is 2. The Labute approximate surface area is 229 Å². The molecule has 0 radical (unpaired) electrons. The molecule has 1 amide bonds. The summed E-state index contributed by atoms with van der Waals surface area (Å²) in [6.45, 7) is 4.83. The van der Waals surface area contributed by atoms with E-state index in [0.717, 1.165) is 54.2 Å². The SMILES string of the molecule is C/C=C\Cn1cc(-c2ccc(Cl)cc2Cl)nc1[C@H](Cc1ccc(O)cc1)NC(=O)C1CCC(CC)CC1. The molecule has 1 atom stereocenters. The Morgan fingerprint density at radius 1 is 1.16 bits per heavy atom. The predicted molar refractivity (Wildman–Crippen MR) is 151 cm³/mol. The second-order valence-electron chi connectivity index (χ2n) is 9.89. The third-order valence-corrected chi connectivity index (χ3v) is 7.90. The first-order valence-corrected chi connectivity index (χ1v) is 13.9. The molecule has 0 unspecified atom stereocenters. The molecule has 1 saturated carbocycles. The van der Waals surface area contributed by atoms with Crippen molar-refractivity contribution in [2.45, 2.75) is 65.0 Å². The van der Waals surface area contributed by atoms with Gasteiger partial charge in [-0.25, -0.2) is 4.98 Å². The average molecular weight is 541 g/mol. The Morgan fingerprint density at radius 3 is 2.54 bits per heavy atom. The van der Waals surface area contributed by atoms with E-state index in [2.05, 4.69) is 22.9 Å². The standard InChI is InChI=1S/C30H35Cl2N3O2/c1-3-5-16-35-19-28(25-15-12-23(31)18-26(25)32)33-29(35)27(17-21-8-13-24(36)14-9-21)34-30(37)22-10-6-20(4-2)7-11-22/h3,5,8-9,12-15,18-20,22,27,36H,4,6-7,10-11,16-17H2,1-2H3,(H,34,37)/b5-3-/t20?,22?,27-/m0/s1. The van der Waals surface area contributed by atoms with Gasteiger partial charge in [0.1, 0.15) is 11.6 Å². The highest BCUT2D eigenvalue weighted by Crippen LogP contribution is 2.33. The number of nitrogens with zero attached hydrogens (tertiary/aromatic N) is 2. The van der Waals surface area contributed by atoms with Crippen LogP contribution in [0.3, 0.4) is 0 Å². The molecule has 3 aromatic rings. The number of amides is 1. The molecule has 0 bridgehead atoms. The number of aromatic nitrogens is 2. The molecule has 1 heterocycles. The first-order chi connectivity index (χ1) is 17.9. The topological polar surface area (TPSA) is 67.2 Å². The third-order valence-electron chi connectivity index (χ3n) is 7.35. The fraction of sp³-hybridized carbons (Fsp3) is 0.400. The van der Waals surface area contributed by atoms with Crippen molar-refractivity contribution in [2.24, 2.45) is 11.8 Å². The van der Waals surface area contributed by atoms with E-state index in [1.165, 1.54) is 6.42 Å². The van der Waals surface area contributed by atoms with Crippen molar-refractivity contribution >= 4 is 29.1 Å². The summed E-state index contributed by atoms with van der Waals surface area (Å²) >= 11 is 12.6. The van der Waals surface area contributed by atoms with Crippen molar-refractivity contribution in [1.82, 2.24) is 14.9 Å². The highest BCUT2D eigenvalue weighted by atomic mass is 35.5. The molecule has 1 aliphatic carbocycles. The Morgan fingerprint density at radius 2 is 1.89 bits per heavy atom.